The minimum atomic E-state index is -3.32. The molecule has 0 saturated carbocycles. The van der Waals surface area contributed by atoms with Crippen molar-refractivity contribution < 1.29 is 17.9 Å². The van der Waals surface area contributed by atoms with E-state index in [1.165, 1.54) is 5.56 Å². The second-order valence-electron chi connectivity index (χ2n) is 11.9. The van der Waals surface area contributed by atoms with E-state index in [-0.39, 0.29) is 23.7 Å². The first kappa shape index (κ1) is 28.9. The molecule has 1 aromatic heterocycles. The number of pyridine rings is 1. The van der Waals surface area contributed by atoms with Crippen molar-refractivity contribution in [1.82, 2.24) is 19.7 Å². The highest BCUT2D eigenvalue weighted by Crippen LogP contribution is 2.37. The number of rotatable bonds is 8. The third kappa shape index (κ3) is 7.18. The Hall–Kier alpha value is -3.63. The first-order valence-electron chi connectivity index (χ1n) is 14.0. The van der Waals surface area contributed by atoms with Crippen molar-refractivity contribution in [3.63, 3.8) is 0 Å². The number of aromatic nitrogens is 1. The lowest BCUT2D eigenvalue weighted by molar-refractivity contribution is 0.105. The van der Waals surface area contributed by atoms with Gasteiger partial charge in [0.2, 0.25) is 15.9 Å². The van der Waals surface area contributed by atoms with E-state index in [4.69, 9.17) is 4.74 Å². The van der Waals surface area contributed by atoms with Crippen molar-refractivity contribution in [2.75, 3.05) is 30.6 Å². The molecule has 2 aromatic carbocycles. The van der Waals surface area contributed by atoms with E-state index < -0.39 is 10.0 Å². The summed E-state index contributed by atoms with van der Waals surface area (Å²) in [6.45, 7) is 9.66. The van der Waals surface area contributed by atoms with Gasteiger partial charge in [0.1, 0.15) is 5.75 Å². The first-order chi connectivity index (χ1) is 19.5. The summed E-state index contributed by atoms with van der Waals surface area (Å²) in [5, 5.41) is 0. The number of anilines is 1. The van der Waals surface area contributed by atoms with Crippen LogP contribution in [0, 0.1) is 0 Å². The molecular weight excluding hydrogens is 538 g/mol. The highest BCUT2D eigenvalue weighted by Gasteiger charge is 2.46. The van der Waals surface area contributed by atoms with Gasteiger partial charge >= 0.3 is 6.03 Å². The van der Waals surface area contributed by atoms with Crippen LogP contribution in [0.1, 0.15) is 50.8 Å². The van der Waals surface area contributed by atoms with E-state index in [0.717, 1.165) is 44.3 Å². The first-order valence-corrected chi connectivity index (χ1v) is 15.9. The lowest BCUT2D eigenvalue weighted by Gasteiger charge is -2.39. The Labute approximate surface area is 243 Å². The number of nitrogens with zero attached hydrogens (tertiary/aromatic N) is 4. The van der Waals surface area contributed by atoms with Crippen LogP contribution in [0.25, 0.3) is 0 Å². The van der Waals surface area contributed by atoms with Crippen LogP contribution < -0.4 is 9.46 Å². The monoisotopic (exact) mass is 577 g/mol. The topological polar surface area (TPSA) is 95.1 Å². The molecule has 0 bridgehead atoms. The van der Waals surface area contributed by atoms with Gasteiger partial charge in [0.15, 0.2) is 0 Å². The largest absolute Gasteiger partial charge is 0.439 e. The minimum absolute atomic E-state index is 0.0726. The van der Waals surface area contributed by atoms with Crippen LogP contribution in [0.5, 0.6) is 11.6 Å². The molecule has 0 unspecified atom stereocenters. The molecule has 2 fully saturated rings. The fourth-order valence-electron chi connectivity index (χ4n) is 5.63. The molecule has 0 radical (unpaired) electrons. The smallest absolute Gasteiger partial charge is 0.321 e. The van der Waals surface area contributed by atoms with Gasteiger partial charge in [-0.2, -0.15) is 0 Å². The fraction of sp³-hybridized carbons (Fsp3) is 0.419. The third-order valence-corrected chi connectivity index (χ3v) is 8.28. The third-order valence-electron chi connectivity index (χ3n) is 7.67. The van der Waals surface area contributed by atoms with Crippen LogP contribution >= 0.6 is 0 Å². The maximum Gasteiger partial charge on any atom is 0.321 e. The normalized spacial score (nSPS) is 19.0. The Morgan fingerprint density at radius 3 is 2.24 bits per heavy atom. The maximum absolute atomic E-state index is 13.6. The van der Waals surface area contributed by atoms with Crippen molar-refractivity contribution in [1.29, 1.82) is 0 Å². The van der Waals surface area contributed by atoms with Gasteiger partial charge in [-0.05, 0) is 69.0 Å². The van der Waals surface area contributed by atoms with Crippen molar-refractivity contribution >= 4 is 21.7 Å². The SMILES string of the molecule is CC(C)(C)N1C[C@@H](c2ccccc2)N(C2CCN(Cc3ccc(Oc4ccc(NS(C)(=O)=O)cc4)nc3)CC2)C1=O. The lowest BCUT2D eigenvalue weighted by Crippen LogP contribution is -2.49. The van der Waals surface area contributed by atoms with Gasteiger partial charge in [-0.15, -0.1) is 0 Å². The summed E-state index contributed by atoms with van der Waals surface area (Å²) in [5.74, 6) is 1.04. The number of ether oxygens (including phenoxy) is 1. The molecule has 0 aliphatic carbocycles. The van der Waals surface area contributed by atoms with Crippen LogP contribution in [0.4, 0.5) is 10.5 Å². The average Bonchev–Trinajstić information content (AvgIpc) is 3.29. The molecule has 9 nitrogen and oxygen atoms in total. The van der Waals surface area contributed by atoms with Gasteiger partial charge in [-0.25, -0.2) is 18.2 Å². The van der Waals surface area contributed by atoms with Crippen molar-refractivity contribution in [2.45, 2.75) is 57.8 Å². The summed E-state index contributed by atoms with van der Waals surface area (Å²) < 4.78 is 31.0. The molecule has 5 rings (SSSR count). The molecule has 2 saturated heterocycles. The number of sulfonamides is 1. The second-order valence-corrected chi connectivity index (χ2v) is 13.7. The average molecular weight is 578 g/mol. The fourth-order valence-corrected chi connectivity index (χ4v) is 6.19. The van der Waals surface area contributed by atoms with Crippen LogP contribution in [0.2, 0.25) is 0 Å². The Morgan fingerprint density at radius 1 is 0.976 bits per heavy atom. The standard InChI is InChI=1S/C31H39N5O4S/c1-31(2,3)35-22-28(24-8-6-5-7-9-24)36(30(35)37)26-16-18-34(19-17-26)21-23-10-15-29(32-20-23)40-27-13-11-25(12-14-27)33-41(4,38)39/h5-15,20,26,28,33H,16-19,21-22H2,1-4H3/t28-/m0/s1. The molecule has 10 heteroatoms. The molecule has 2 amide bonds. The molecule has 0 spiro atoms. The summed E-state index contributed by atoms with van der Waals surface area (Å²) in [5.41, 5.74) is 2.55. The predicted octanol–water partition coefficient (Wildman–Crippen LogP) is 5.49. The zero-order chi connectivity index (χ0) is 29.2. The molecule has 1 N–H and O–H groups in total. The predicted molar refractivity (Wildman–Crippen MR) is 160 cm³/mol. The van der Waals surface area contributed by atoms with Crippen LogP contribution in [0.3, 0.4) is 0 Å². The Balaban J connectivity index is 1.17. The number of amides is 2. The number of carbonyl (C=O) groups is 1. The van der Waals surface area contributed by atoms with Crippen molar-refractivity contribution in [3.05, 3.63) is 84.1 Å². The van der Waals surface area contributed by atoms with Gasteiger partial charge in [0.25, 0.3) is 0 Å². The van der Waals surface area contributed by atoms with E-state index in [2.05, 4.69) is 64.5 Å². The molecule has 1 atom stereocenters. The number of benzene rings is 2. The van der Waals surface area contributed by atoms with Gasteiger partial charge in [0.05, 0.1) is 12.3 Å². The quantitative estimate of drug-likeness (QED) is 0.381. The molecular formula is C31H39N5O4S. The molecule has 3 heterocycles. The summed E-state index contributed by atoms with van der Waals surface area (Å²) in [4.78, 5) is 24.7. The summed E-state index contributed by atoms with van der Waals surface area (Å²) in [6.07, 6.45) is 4.82. The summed E-state index contributed by atoms with van der Waals surface area (Å²) >= 11 is 0. The maximum atomic E-state index is 13.6. The molecule has 3 aromatic rings. The Kier molecular flexibility index (Phi) is 8.24. The highest BCUT2D eigenvalue weighted by atomic mass is 32.2. The van der Waals surface area contributed by atoms with Crippen LogP contribution in [-0.4, -0.2) is 71.6 Å². The highest BCUT2D eigenvalue weighted by molar-refractivity contribution is 7.92. The lowest BCUT2D eigenvalue weighted by atomic mass is 9.98. The zero-order valence-corrected chi connectivity index (χ0v) is 25.0. The van der Waals surface area contributed by atoms with Crippen molar-refractivity contribution in [2.24, 2.45) is 0 Å². The van der Waals surface area contributed by atoms with E-state index >= 15 is 0 Å². The van der Waals surface area contributed by atoms with E-state index in [1.54, 1.807) is 24.3 Å². The van der Waals surface area contributed by atoms with Gasteiger partial charge in [-0.1, -0.05) is 36.4 Å². The molecule has 2 aliphatic rings. The Morgan fingerprint density at radius 2 is 1.66 bits per heavy atom. The number of hydrogen-bond donors (Lipinski definition) is 1. The number of nitrogens with one attached hydrogen (secondary N) is 1. The number of urea groups is 1. The summed E-state index contributed by atoms with van der Waals surface area (Å²) in [6, 6.07) is 21.4. The number of likely N-dealkylation sites (tertiary alicyclic amines) is 1. The van der Waals surface area contributed by atoms with Gasteiger partial charge in [0, 0.05) is 55.7 Å². The zero-order valence-electron chi connectivity index (χ0n) is 24.2. The number of piperidine rings is 1. The second kappa shape index (κ2) is 11.7. The van der Waals surface area contributed by atoms with Crippen molar-refractivity contribution in [3.8, 4) is 11.6 Å². The van der Waals surface area contributed by atoms with E-state index in [9.17, 15) is 13.2 Å². The number of hydrogen-bond acceptors (Lipinski definition) is 6. The Bertz CT molecular complexity index is 1430. The van der Waals surface area contributed by atoms with E-state index in [1.807, 2.05) is 29.3 Å². The van der Waals surface area contributed by atoms with Gasteiger partial charge < -0.3 is 14.5 Å². The van der Waals surface area contributed by atoms with Gasteiger partial charge in [-0.3, -0.25) is 9.62 Å². The molecule has 2 aliphatic heterocycles. The van der Waals surface area contributed by atoms with E-state index in [0.29, 0.717) is 23.9 Å². The molecule has 41 heavy (non-hydrogen) atoms. The van der Waals surface area contributed by atoms with Crippen LogP contribution in [-0.2, 0) is 16.6 Å². The van der Waals surface area contributed by atoms with Crippen LogP contribution in [0.15, 0.2) is 72.9 Å². The molecule has 218 valence electrons. The minimum Gasteiger partial charge on any atom is -0.439 e. The summed E-state index contributed by atoms with van der Waals surface area (Å²) in [7, 11) is -3.32. The number of carbonyl (C=O) groups excluding carboxylic acids is 1.